The monoisotopic (exact) mass is 307 g/mol. The molecule has 20 heavy (non-hydrogen) atoms. The topological polar surface area (TPSA) is 67.2 Å². The fraction of sp³-hybridized carbons (Fsp3) is 0.0714. The maximum atomic E-state index is 11.1. The molecular weight excluding hydrogens is 298 g/mol. The van der Waals surface area contributed by atoms with E-state index < -0.39 is 9.05 Å². The third-order valence-electron chi connectivity index (χ3n) is 2.65. The van der Waals surface area contributed by atoms with E-state index in [0.29, 0.717) is 17.1 Å². The molecule has 2 aromatic carbocycles. The lowest BCUT2D eigenvalue weighted by Gasteiger charge is -2.09. The highest BCUT2D eigenvalue weighted by molar-refractivity contribution is 8.13. The molecule has 0 N–H and O–H groups in total. The standard InChI is InChI=1S/C14H10ClNO3S/c1-10-2-3-11(9-16)8-14(10)19-12-4-6-13(7-5-12)20(15,17)18/h2-8H,1H3. The van der Waals surface area contributed by atoms with Crippen LogP contribution in [0, 0.1) is 18.3 Å². The Bertz CT molecular complexity index is 777. The van der Waals surface area contributed by atoms with Gasteiger partial charge >= 0.3 is 0 Å². The Kier molecular flexibility index (Phi) is 3.98. The van der Waals surface area contributed by atoms with Crippen LogP contribution in [0.5, 0.6) is 11.5 Å². The molecule has 6 heteroatoms. The second-order valence-corrected chi connectivity index (χ2v) is 6.67. The fourth-order valence-electron chi connectivity index (χ4n) is 1.58. The molecular formula is C14H10ClNO3S. The van der Waals surface area contributed by atoms with Crippen LogP contribution in [0.3, 0.4) is 0 Å². The average Bonchev–Trinajstić information content (AvgIpc) is 2.41. The van der Waals surface area contributed by atoms with Crippen molar-refractivity contribution in [2.45, 2.75) is 11.8 Å². The van der Waals surface area contributed by atoms with Crippen LogP contribution in [0.25, 0.3) is 0 Å². The predicted molar refractivity (Wildman–Crippen MR) is 75.4 cm³/mol. The van der Waals surface area contributed by atoms with Crippen LogP contribution in [0.1, 0.15) is 11.1 Å². The number of hydrogen-bond donors (Lipinski definition) is 0. The van der Waals surface area contributed by atoms with Crippen LogP contribution >= 0.6 is 10.7 Å². The predicted octanol–water partition coefficient (Wildman–Crippen LogP) is 3.59. The van der Waals surface area contributed by atoms with Crippen molar-refractivity contribution in [3.05, 3.63) is 53.6 Å². The molecule has 0 unspecified atom stereocenters. The highest BCUT2D eigenvalue weighted by Crippen LogP contribution is 2.27. The number of nitrogens with zero attached hydrogens (tertiary/aromatic N) is 1. The smallest absolute Gasteiger partial charge is 0.261 e. The first-order valence-corrected chi connectivity index (χ1v) is 7.94. The molecule has 0 aliphatic carbocycles. The fourth-order valence-corrected chi connectivity index (χ4v) is 2.35. The molecule has 2 aromatic rings. The third-order valence-corrected chi connectivity index (χ3v) is 4.02. The number of ether oxygens (including phenoxy) is 1. The van der Waals surface area contributed by atoms with Crippen molar-refractivity contribution in [2.75, 3.05) is 0 Å². The summed E-state index contributed by atoms with van der Waals surface area (Å²) in [6, 6.07) is 12.9. The number of benzene rings is 2. The van der Waals surface area contributed by atoms with E-state index in [1.807, 2.05) is 13.0 Å². The third kappa shape index (κ3) is 3.29. The molecule has 0 saturated carbocycles. The van der Waals surface area contributed by atoms with Crippen LogP contribution < -0.4 is 4.74 Å². The van der Waals surface area contributed by atoms with E-state index in [2.05, 4.69) is 0 Å². The number of halogens is 1. The molecule has 0 aromatic heterocycles. The molecule has 0 aliphatic heterocycles. The van der Waals surface area contributed by atoms with Gasteiger partial charge in [0.05, 0.1) is 16.5 Å². The number of aryl methyl sites for hydroxylation is 1. The van der Waals surface area contributed by atoms with Gasteiger partial charge in [0.15, 0.2) is 0 Å². The van der Waals surface area contributed by atoms with Crippen LogP contribution in [-0.2, 0) is 9.05 Å². The largest absolute Gasteiger partial charge is 0.457 e. The minimum Gasteiger partial charge on any atom is -0.457 e. The van der Waals surface area contributed by atoms with E-state index in [9.17, 15) is 8.42 Å². The molecule has 4 nitrogen and oxygen atoms in total. The molecule has 0 saturated heterocycles. The van der Waals surface area contributed by atoms with Crippen molar-refractivity contribution in [1.82, 2.24) is 0 Å². The maximum Gasteiger partial charge on any atom is 0.261 e. The number of nitriles is 1. The Balaban J connectivity index is 2.29. The van der Waals surface area contributed by atoms with Gasteiger partial charge in [-0.25, -0.2) is 8.42 Å². The van der Waals surface area contributed by atoms with E-state index in [-0.39, 0.29) is 4.90 Å². The second kappa shape index (κ2) is 5.53. The van der Waals surface area contributed by atoms with Gasteiger partial charge in [-0.3, -0.25) is 0 Å². The van der Waals surface area contributed by atoms with Crippen molar-refractivity contribution < 1.29 is 13.2 Å². The van der Waals surface area contributed by atoms with Gasteiger partial charge in [-0.1, -0.05) is 6.07 Å². The van der Waals surface area contributed by atoms with Crippen molar-refractivity contribution in [2.24, 2.45) is 0 Å². The van der Waals surface area contributed by atoms with Crippen LogP contribution in [-0.4, -0.2) is 8.42 Å². The Morgan fingerprint density at radius 2 is 1.80 bits per heavy atom. The van der Waals surface area contributed by atoms with E-state index in [4.69, 9.17) is 20.7 Å². The maximum absolute atomic E-state index is 11.1. The zero-order valence-electron chi connectivity index (χ0n) is 10.5. The molecule has 0 radical (unpaired) electrons. The van der Waals surface area contributed by atoms with Crippen LogP contribution in [0.2, 0.25) is 0 Å². The van der Waals surface area contributed by atoms with E-state index in [1.165, 1.54) is 24.3 Å². The van der Waals surface area contributed by atoms with Gasteiger partial charge in [0.2, 0.25) is 0 Å². The zero-order chi connectivity index (χ0) is 14.8. The average molecular weight is 308 g/mol. The van der Waals surface area contributed by atoms with E-state index in [0.717, 1.165) is 5.56 Å². The molecule has 0 aliphatic rings. The summed E-state index contributed by atoms with van der Waals surface area (Å²) < 4.78 is 27.9. The lowest BCUT2D eigenvalue weighted by molar-refractivity contribution is 0.478. The summed E-state index contributed by atoms with van der Waals surface area (Å²) in [6.07, 6.45) is 0. The van der Waals surface area contributed by atoms with Crippen molar-refractivity contribution in [3.63, 3.8) is 0 Å². The van der Waals surface area contributed by atoms with Gasteiger partial charge in [-0.05, 0) is 48.9 Å². The minimum absolute atomic E-state index is 0.00835. The van der Waals surface area contributed by atoms with Crippen molar-refractivity contribution >= 4 is 19.7 Å². The van der Waals surface area contributed by atoms with Gasteiger partial charge in [0, 0.05) is 10.7 Å². The quantitative estimate of drug-likeness (QED) is 0.813. The summed E-state index contributed by atoms with van der Waals surface area (Å²) in [5, 5.41) is 8.86. The normalized spacial score (nSPS) is 10.8. The molecule has 2 rings (SSSR count). The summed E-state index contributed by atoms with van der Waals surface area (Å²) in [6.45, 7) is 1.86. The minimum atomic E-state index is -3.74. The van der Waals surface area contributed by atoms with Crippen LogP contribution in [0.15, 0.2) is 47.4 Å². The summed E-state index contributed by atoms with van der Waals surface area (Å²) in [5.41, 5.74) is 1.36. The molecule has 0 atom stereocenters. The van der Waals surface area contributed by atoms with Crippen molar-refractivity contribution in [1.29, 1.82) is 5.26 Å². The van der Waals surface area contributed by atoms with Gasteiger partial charge in [0.1, 0.15) is 11.5 Å². The van der Waals surface area contributed by atoms with Gasteiger partial charge in [0.25, 0.3) is 9.05 Å². The molecule has 0 spiro atoms. The lowest BCUT2D eigenvalue weighted by Crippen LogP contribution is -1.92. The second-order valence-electron chi connectivity index (χ2n) is 4.10. The summed E-state index contributed by atoms with van der Waals surface area (Å²) in [4.78, 5) is 0.00835. The lowest BCUT2D eigenvalue weighted by atomic mass is 10.1. The van der Waals surface area contributed by atoms with E-state index >= 15 is 0 Å². The van der Waals surface area contributed by atoms with Crippen LogP contribution in [0.4, 0.5) is 0 Å². The Labute approximate surface area is 121 Å². The Morgan fingerprint density at radius 1 is 1.15 bits per heavy atom. The highest BCUT2D eigenvalue weighted by atomic mass is 35.7. The van der Waals surface area contributed by atoms with Gasteiger partial charge < -0.3 is 4.74 Å². The molecule has 0 bridgehead atoms. The summed E-state index contributed by atoms with van der Waals surface area (Å²) in [7, 11) is 1.49. The number of rotatable bonds is 3. The Morgan fingerprint density at radius 3 is 2.35 bits per heavy atom. The van der Waals surface area contributed by atoms with Gasteiger partial charge in [-0.15, -0.1) is 0 Å². The molecule has 0 fully saturated rings. The zero-order valence-corrected chi connectivity index (χ0v) is 12.1. The first-order valence-electron chi connectivity index (χ1n) is 5.63. The summed E-state index contributed by atoms with van der Waals surface area (Å²) >= 11 is 0. The molecule has 102 valence electrons. The first kappa shape index (κ1) is 14.4. The first-order chi connectivity index (χ1) is 9.40. The Hall–Kier alpha value is -2.03. The molecule has 0 amide bonds. The van der Waals surface area contributed by atoms with Crippen molar-refractivity contribution in [3.8, 4) is 17.6 Å². The summed E-state index contributed by atoms with van der Waals surface area (Å²) in [5.74, 6) is 1.01. The SMILES string of the molecule is Cc1ccc(C#N)cc1Oc1ccc(S(=O)(=O)Cl)cc1. The van der Waals surface area contributed by atoms with Gasteiger partial charge in [-0.2, -0.15) is 5.26 Å². The number of hydrogen-bond acceptors (Lipinski definition) is 4. The highest BCUT2D eigenvalue weighted by Gasteiger charge is 2.10. The van der Waals surface area contributed by atoms with E-state index in [1.54, 1.807) is 18.2 Å². The molecule has 0 heterocycles.